The number of carbonyl (C=O) groups excluding carboxylic acids is 1. The maximum absolute atomic E-state index is 12.7. The van der Waals surface area contributed by atoms with Crippen molar-refractivity contribution < 1.29 is 23.3 Å². The first-order chi connectivity index (χ1) is 21.0. The van der Waals surface area contributed by atoms with Gasteiger partial charge in [0.25, 0.3) is 0 Å². The molecular formula is C29H37N8O5PS. The third-order valence-corrected chi connectivity index (χ3v) is 9.64. The number of hydrogen-bond acceptors (Lipinski definition) is 12. The first kappa shape index (κ1) is 31.7. The van der Waals surface area contributed by atoms with Crippen molar-refractivity contribution in [1.82, 2.24) is 24.6 Å². The van der Waals surface area contributed by atoms with Crippen LogP contribution in [-0.4, -0.2) is 63.1 Å². The minimum absolute atomic E-state index is 0.0484. The molecule has 2 aromatic heterocycles. The van der Waals surface area contributed by atoms with Crippen LogP contribution in [0.5, 0.6) is 5.75 Å². The van der Waals surface area contributed by atoms with Crippen LogP contribution < -0.4 is 20.7 Å². The van der Waals surface area contributed by atoms with E-state index < -0.39 is 31.0 Å². The monoisotopic (exact) mass is 640 g/mol. The molecule has 0 aliphatic carbocycles. The quantitative estimate of drug-likeness (QED) is 0.0949. The smallest absolute Gasteiger partial charge is 0.323 e. The van der Waals surface area contributed by atoms with E-state index in [-0.39, 0.29) is 24.6 Å². The van der Waals surface area contributed by atoms with Crippen molar-refractivity contribution in [3.8, 4) is 5.75 Å². The number of nitrogens with one attached hydrogen (secondary N) is 3. The molecule has 4 aromatic rings. The van der Waals surface area contributed by atoms with Crippen LogP contribution in [0.3, 0.4) is 0 Å². The summed E-state index contributed by atoms with van der Waals surface area (Å²) in [5.74, 6) is 0.358. The van der Waals surface area contributed by atoms with Gasteiger partial charge < -0.3 is 35.0 Å². The molecule has 5 atom stereocenters. The Morgan fingerprint density at radius 1 is 1.23 bits per heavy atom. The molecule has 3 heterocycles. The summed E-state index contributed by atoms with van der Waals surface area (Å²) in [6, 6.07) is 12.7. The van der Waals surface area contributed by atoms with Gasteiger partial charge in [0.2, 0.25) is 5.95 Å². The summed E-state index contributed by atoms with van der Waals surface area (Å²) < 4.78 is 26.4. The van der Waals surface area contributed by atoms with Crippen LogP contribution in [0, 0.1) is 11.3 Å². The fourth-order valence-electron chi connectivity index (χ4n) is 5.10. The Kier molecular flexibility index (Phi) is 9.47. The number of imidazole rings is 1. The maximum Gasteiger partial charge on any atom is 0.323 e. The second kappa shape index (κ2) is 13.1. The minimum Gasteiger partial charge on any atom is -0.462 e. The van der Waals surface area contributed by atoms with Crippen molar-refractivity contribution in [2.24, 2.45) is 5.92 Å². The lowest BCUT2D eigenvalue weighted by Gasteiger charge is -2.28. The van der Waals surface area contributed by atoms with Gasteiger partial charge >= 0.3 is 12.6 Å². The second-order valence-corrected chi connectivity index (χ2v) is 14.0. The van der Waals surface area contributed by atoms with E-state index in [1.165, 1.54) is 0 Å². The molecule has 1 aliphatic heterocycles. The summed E-state index contributed by atoms with van der Waals surface area (Å²) in [7, 11) is 1.73. The molecule has 0 saturated carbocycles. The molecule has 13 nitrogen and oxygen atoms in total. The Bertz CT molecular complexity index is 1730. The fourth-order valence-corrected chi connectivity index (χ4v) is 7.54. The van der Waals surface area contributed by atoms with Crippen LogP contribution in [0.15, 0.2) is 48.8 Å². The van der Waals surface area contributed by atoms with Gasteiger partial charge in [-0.25, -0.2) is 10.1 Å². The van der Waals surface area contributed by atoms with Gasteiger partial charge in [0.05, 0.1) is 25.1 Å². The van der Waals surface area contributed by atoms with E-state index >= 15 is 0 Å². The molecule has 15 heteroatoms. The molecule has 1 aliphatic rings. The SMILES string of the molecule is CNc1nc(N)nc2c1ncn2[C@@H]1O[C@H](CO[P@](=S)(N[C@H](C)C(=O)OC(C)C)Oc2cccc3ccccc23)C[C@@H]1C(C)=N. The number of esters is 1. The molecule has 0 unspecified atom stereocenters. The molecular weight excluding hydrogens is 603 g/mol. The van der Waals surface area contributed by atoms with Gasteiger partial charge in [-0.3, -0.25) is 9.36 Å². The zero-order chi connectivity index (χ0) is 31.6. The van der Waals surface area contributed by atoms with Crippen molar-refractivity contribution in [2.45, 2.75) is 58.6 Å². The van der Waals surface area contributed by atoms with E-state index in [0.29, 0.717) is 34.9 Å². The minimum atomic E-state index is -3.35. The number of hydrogen-bond donors (Lipinski definition) is 4. The number of nitrogens with zero attached hydrogens (tertiary/aromatic N) is 4. The third-order valence-electron chi connectivity index (χ3n) is 7.15. The van der Waals surface area contributed by atoms with Crippen LogP contribution in [0.1, 0.15) is 40.3 Å². The van der Waals surface area contributed by atoms with Crippen LogP contribution >= 0.6 is 6.64 Å². The molecule has 0 bridgehead atoms. The number of benzene rings is 2. The Labute approximate surface area is 260 Å². The highest BCUT2D eigenvalue weighted by atomic mass is 32.5. The van der Waals surface area contributed by atoms with E-state index in [4.69, 9.17) is 41.5 Å². The average Bonchev–Trinajstić information content (AvgIpc) is 3.60. The summed E-state index contributed by atoms with van der Waals surface area (Å²) in [5, 5.41) is 16.4. The van der Waals surface area contributed by atoms with Crippen LogP contribution in [-0.2, 0) is 30.6 Å². The summed E-state index contributed by atoms with van der Waals surface area (Å²) in [6.07, 6.45) is 0.756. The molecule has 5 rings (SSSR count). The summed E-state index contributed by atoms with van der Waals surface area (Å²) in [4.78, 5) is 25.8. The van der Waals surface area contributed by atoms with E-state index in [0.717, 1.165) is 10.8 Å². The van der Waals surface area contributed by atoms with Crippen LogP contribution in [0.2, 0.25) is 0 Å². The van der Waals surface area contributed by atoms with E-state index in [9.17, 15) is 4.79 Å². The Hall–Kier alpha value is -3.68. The van der Waals surface area contributed by atoms with E-state index in [2.05, 4.69) is 25.4 Å². The molecule has 1 saturated heterocycles. The van der Waals surface area contributed by atoms with Crippen molar-refractivity contribution >= 4 is 63.8 Å². The fraction of sp³-hybridized carbons (Fsp3) is 0.414. The molecule has 1 fully saturated rings. The highest BCUT2D eigenvalue weighted by Crippen LogP contribution is 2.48. The highest BCUT2D eigenvalue weighted by molar-refractivity contribution is 8.09. The third kappa shape index (κ3) is 6.84. The second-order valence-electron chi connectivity index (χ2n) is 10.9. The Morgan fingerprint density at radius 3 is 2.70 bits per heavy atom. The normalized spacial score (nSPS) is 20.5. The molecule has 0 spiro atoms. The van der Waals surface area contributed by atoms with Crippen molar-refractivity contribution in [3.05, 3.63) is 48.8 Å². The number of carbonyl (C=O) groups is 1. The molecule has 2 aromatic carbocycles. The van der Waals surface area contributed by atoms with Gasteiger partial charge in [-0.2, -0.15) is 9.97 Å². The van der Waals surface area contributed by atoms with E-state index in [1.807, 2.05) is 42.5 Å². The first-order valence-corrected chi connectivity index (χ1v) is 16.9. The zero-order valence-corrected chi connectivity index (χ0v) is 26.9. The standard InChI is InChI=1S/C29H37N8O5PS/c1-16(2)40-28(38)18(4)36-43(44,42-23-12-8-10-19-9-6-7-11-21(19)23)39-14-20-13-22(17(3)30)27(41-20)37-15-33-24-25(32-5)34-29(31)35-26(24)37/h6-12,15-16,18,20,22,27,30H,13-14H2,1-5H3,(H,36,44)(H3,31,32,34,35)/t18-,20+,22-,27-,43-/m1/s1. The highest BCUT2D eigenvalue weighted by Gasteiger charge is 2.40. The number of rotatable bonds is 12. The van der Waals surface area contributed by atoms with Gasteiger partial charge in [0, 0.05) is 24.1 Å². The Morgan fingerprint density at radius 2 is 1.98 bits per heavy atom. The molecule has 234 valence electrons. The predicted octanol–water partition coefficient (Wildman–Crippen LogP) is 4.80. The number of ether oxygens (including phenoxy) is 2. The molecule has 44 heavy (non-hydrogen) atoms. The molecule has 5 N–H and O–H groups in total. The number of fused-ring (bicyclic) bond motifs is 2. The topological polar surface area (TPSA) is 172 Å². The molecule has 0 radical (unpaired) electrons. The van der Waals surface area contributed by atoms with Gasteiger partial charge in [-0.1, -0.05) is 36.4 Å². The lowest BCUT2D eigenvalue weighted by molar-refractivity contribution is -0.149. The summed E-state index contributed by atoms with van der Waals surface area (Å²) >= 11 is 5.98. The van der Waals surface area contributed by atoms with Crippen molar-refractivity contribution in [2.75, 3.05) is 24.7 Å². The predicted molar refractivity (Wildman–Crippen MR) is 173 cm³/mol. The number of aromatic nitrogens is 4. The summed E-state index contributed by atoms with van der Waals surface area (Å²) in [5.41, 5.74) is 7.42. The molecule has 0 amide bonds. The van der Waals surface area contributed by atoms with Crippen molar-refractivity contribution in [1.29, 1.82) is 5.41 Å². The number of nitrogen functional groups attached to an aromatic ring is 1. The lowest BCUT2D eigenvalue weighted by Crippen LogP contribution is -2.36. The van der Waals surface area contributed by atoms with Crippen molar-refractivity contribution in [3.63, 3.8) is 0 Å². The average molecular weight is 641 g/mol. The largest absolute Gasteiger partial charge is 0.462 e. The summed E-state index contributed by atoms with van der Waals surface area (Å²) in [6.45, 7) is 3.66. The zero-order valence-electron chi connectivity index (χ0n) is 25.2. The van der Waals surface area contributed by atoms with Gasteiger partial charge in [0.1, 0.15) is 18.0 Å². The number of anilines is 2. The maximum atomic E-state index is 12.7. The number of nitrogens with two attached hydrogens (primary N) is 1. The Balaban J connectivity index is 1.40. The van der Waals surface area contributed by atoms with E-state index in [1.54, 1.807) is 45.6 Å². The lowest BCUT2D eigenvalue weighted by atomic mass is 9.98. The van der Waals surface area contributed by atoms with Gasteiger partial charge in [0.15, 0.2) is 17.0 Å². The van der Waals surface area contributed by atoms with Gasteiger partial charge in [-0.05, 0) is 57.4 Å². The van der Waals surface area contributed by atoms with Gasteiger partial charge in [-0.15, -0.1) is 0 Å². The van der Waals surface area contributed by atoms with Crippen LogP contribution in [0.25, 0.3) is 21.9 Å². The first-order valence-electron chi connectivity index (χ1n) is 14.3. The van der Waals surface area contributed by atoms with Crippen LogP contribution in [0.4, 0.5) is 11.8 Å².